The lowest BCUT2D eigenvalue weighted by atomic mass is 9.34. The number of nitrogens with zero attached hydrogens (tertiary/aromatic N) is 4. The molecule has 0 spiro atoms. The molecule has 0 radical (unpaired) electrons. The first-order valence-corrected chi connectivity index (χ1v) is 9.44. The summed E-state index contributed by atoms with van der Waals surface area (Å²) < 4.78 is 42.1. The SMILES string of the molecule is C[C@@H]1Cn2nc(C34CC(C(N)=O)(C3)C4)cc2-c2cnnc([C@](C)(O)C(F)(F)F)c21. The Kier molecular flexibility index (Phi) is 3.30. The van der Waals surface area contributed by atoms with Crippen molar-refractivity contribution in [3.63, 3.8) is 0 Å². The van der Waals surface area contributed by atoms with Crippen LogP contribution in [0, 0.1) is 5.41 Å². The molecule has 1 aliphatic heterocycles. The Hall–Kier alpha value is -2.49. The second kappa shape index (κ2) is 5.16. The van der Waals surface area contributed by atoms with Crippen molar-refractivity contribution in [2.24, 2.45) is 11.1 Å². The van der Waals surface area contributed by atoms with Crippen LogP contribution >= 0.6 is 0 Å². The van der Waals surface area contributed by atoms with Crippen LogP contribution in [0.2, 0.25) is 0 Å². The number of hydrogen-bond acceptors (Lipinski definition) is 5. The van der Waals surface area contributed by atoms with E-state index in [0.717, 1.165) is 5.69 Å². The number of carbonyl (C=O) groups excluding carboxylic acids is 1. The zero-order chi connectivity index (χ0) is 21.0. The van der Waals surface area contributed by atoms with Gasteiger partial charge in [0.2, 0.25) is 11.5 Å². The van der Waals surface area contributed by atoms with Gasteiger partial charge in [0.25, 0.3) is 0 Å². The molecule has 3 aliphatic carbocycles. The number of nitrogens with two attached hydrogens (primary N) is 1. The van der Waals surface area contributed by atoms with Crippen molar-refractivity contribution in [3.05, 3.63) is 29.2 Å². The Morgan fingerprint density at radius 1 is 1.34 bits per heavy atom. The van der Waals surface area contributed by atoms with E-state index in [0.29, 0.717) is 49.6 Å². The summed E-state index contributed by atoms with van der Waals surface area (Å²) in [6.07, 6.45) is -1.47. The van der Waals surface area contributed by atoms with Crippen LogP contribution < -0.4 is 5.73 Å². The lowest BCUT2D eigenvalue weighted by Gasteiger charge is -2.68. The Morgan fingerprint density at radius 2 is 2.00 bits per heavy atom. The van der Waals surface area contributed by atoms with Gasteiger partial charge in [0.05, 0.1) is 23.0 Å². The van der Waals surface area contributed by atoms with Gasteiger partial charge in [-0.1, -0.05) is 6.92 Å². The molecule has 154 valence electrons. The van der Waals surface area contributed by atoms with E-state index in [4.69, 9.17) is 10.8 Å². The molecule has 1 amide bonds. The Labute approximate surface area is 164 Å². The molecule has 2 bridgehead atoms. The van der Waals surface area contributed by atoms with Crippen LogP contribution in [0.25, 0.3) is 11.3 Å². The topological polar surface area (TPSA) is 107 Å². The molecule has 4 aliphatic rings. The number of amides is 1. The minimum Gasteiger partial charge on any atom is -0.375 e. The summed E-state index contributed by atoms with van der Waals surface area (Å²) in [5.41, 5.74) is 3.63. The van der Waals surface area contributed by atoms with Crippen molar-refractivity contribution in [1.82, 2.24) is 20.0 Å². The number of primary amides is 1. The van der Waals surface area contributed by atoms with E-state index in [1.165, 1.54) is 6.20 Å². The largest absolute Gasteiger partial charge is 0.422 e. The highest BCUT2D eigenvalue weighted by atomic mass is 19.4. The monoisotopic (exact) mass is 407 g/mol. The molecule has 2 aromatic heterocycles. The Morgan fingerprint density at radius 3 is 2.59 bits per heavy atom. The number of aromatic nitrogens is 4. The molecule has 3 saturated carbocycles. The standard InChI is InChI=1S/C19H20F3N5O2/c1-9-5-27-11(3-12(26-27)17-6-18(7-17,8-17)15(23)28)10-4-24-25-14(13(9)10)16(2,29)19(20,21)22/h3-4,9,29H,5-8H2,1-2H3,(H2,23,28)/t9-,16+,17?,18?/m1/s1. The number of aliphatic hydroxyl groups is 1. The summed E-state index contributed by atoms with van der Waals surface area (Å²) in [5, 5.41) is 22.3. The van der Waals surface area contributed by atoms with Crippen LogP contribution in [0.5, 0.6) is 0 Å². The van der Waals surface area contributed by atoms with Crippen LogP contribution in [0.3, 0.4) is 0 Å². The second-order valence-corrected chi connectivity index (χ2v) is 9.04. The second-order valence-electron chi connectivity index (χ2n) is 9.04. The van der Waals surface area contributed by atoms with E-state index < -0.39 is 22.9 Å². The van der Waals surface area contributed by atoms with Crippen molar-refractivity contribution < 1.29 is 23.1 Å². The van der Waals surface area contributed by atoms with E-state index >= 15 is 0 Å². The number of fused-ring (bicyclic) bond motifs is 3. The van der Waals surface area contributed by atoms with Gasteiger partial charge in [0.15, 0.2) is 0 Å². The van der Waals surface area contributed by atoms with Gasteiger partial charge in [-0.3, -0.25) is 9.48 Å². The van der Waals surface area contributed by atoms with E-state index in [2.05, 4.69) is 10.2 Å². The molecule has 0 saturated heterocycles. The summed E-state index contributed by atoms with van der Waals surface area (Å²) in [7, 11) is 0. The third-order valence-electron chi connectivity index (χ3n) is 6.99. The molecule has 29 heavy (non-hydrogen) atoms. The van der Waals surface area contributed by atoms with Crippen LogP contribution in [-0.2, 0) is 22.4 Å². The number of rotatable bonds is 3. The highest BCUT2D eigenvalue weighted by Crippen LogP contribution is 2.73. The predicted molar refractivity (Wildman–Crippen MR) is 94.5 cm³/mol. The molecule has 0 unspecified atom stereocenters. The molecule has 7 nitrogen and oxygen atoms in total. The highest BCUT2D eigenvalue weighted by molar-refractivity contribution is 5.86. The number of hydrogen-bond donors (Lipinski definition) is 2. The average Bonchev–Trinajstić information content (AvgIpc) is 2.94. The fourth-order valence-electron chi connectivity index (χ4n) is 5.30. The fraction of sp³-hybridized carbons (Fsp3) is 0.579. The maximum Gasteiger partial charge on any atom is 0.422 e. The van der Waals surface area contributed by atoms with Crippen LogP contribution in [0.1, 0.15) is 56.0 Å². The molecule has 3 fully saturated rings. The summed E-state index contributed by atoms with van der Waals surface area (Å²) >= 11 is 0. The quantitative estimate of drug-likeness (QED) is 0.811. The minimum absolute atomic E-state index is 0.177. The Balaban J connectivity index is 1.58. The summed E-state index contributed by atoms with van der Waals surface area (Å²) in [4.78, 5) is 11.6. The lowest BCUT2D eigenvalue weighted by Crippen LogP contribution is -2.69. The van der Waals surface area contributed by atoms with Crippen molar-refractivity contribution in [3.8, 4) is 11.3 Å². The third kappa shape index (κ3) is 2.18. The van der Waals surface area contributed by atoms with E-state index in [9.17, 15) is 23.1 Å². The van der Waals surface area contributed by atoms with E-state index in [1.54, 1.807) is 11.6 Å². The molecule has 6 rings (SSSR count). The van der Waals surface area contributed by atoms with Gasteiger partial charge in [-0.15, -0.1) is 0 Å². The first-order valence-electron chi connectivity index (χ1n) is 9.44. The average molecular weight is 407 g/mol. The Bertz CT molecular complexity index is 1040. The van der Waals surface area contributed by atoms with Gasteiger partial charge in [0.1, 0.15) is 5.69 Å². The zero-order valence-electron chi connectivity index (χ0n) is 15.9. The van der Waals surface area contributed by atoms with Crippen molar-refractivity contribution >= 4 is 5.91 Å². The van der Waals surface area contributed by atoms with Gasteiger partial charge in [-0.05, 0) is 37.8 Å². The maximum absolute atomic E-state index is 13.5. The zero-order valence-corrected chi connectivity index (χ0v) is 15.9. The van der Waals surface area contributed by atoms with Crippen LogP contribution in [0.15, 0.2) is 12.3 Å². The van der Waals surface area contributed by atoms with Crippen LogP contribution in [0.4, 0.5) is 13.2 Å². The molecule has 3 N–H and O–H groups in total. The first kappa shape index (κ1) is 18.5. The molecule has 10 heteroatoms. The van der Waals surface area contributed by atoms with Crippen molar-refractivity contribution in [2.45, 2.75) is 62.8 Å². The molecule has 2 aromatic rings. The van der Waals surface area contributed by atoms with Gasteiger partial charge in [0, 0.05) is 23.4 Å². The summed E-state index contributed by atoms with van der Waals surface area (Å²) in [6.45, 7) is 2.85. The highest BCUT2D eigenvalue weighted by Gasteiger charge is 2.72. The number of alkyl halides is 3. The molecule has 2 atom stereocenters. The first-order chi connectivity index (χ1) is 13.4. The third-order valence-corrected chi connectivity index (χ3v) is 6.99. The van der Waals surface area contributed by atoms with Gasteiger partial charge in [-0.25, -0.2) is 0 Å². The maximum atomic E-state index is 13.5. The molecule has 0 aromatic carbocycles. The number of halogens is 3. The summed E-state index contributed by atoms with van der Waals surface area (Å²) in [5.74, 6) is -0.619. The van der Waals surface area contributed by atoms with Crippen molar-refractivity contribution in [2.75, 3.05) is 0 Å². The minimum atomic E-state index is -4.88. The van der Waals surface area contributed by atoms with Gasteiger partial charge in [-0.2, -0.15) is 28.5 Å². The fourth-order valence-corrected chi connectivity index (χ4v) is 5.30. The molecular weight excluding hydrogens is 387 g/mol. The van der Waals surface area contributed by atoms with Gasteiger partial charge < -0.3 is 10.8 Å². The summed E-state index contributed by atoms with van der Waals surface area (Å²) in [6, 6.07) is 1.86. The lowest BCUT2D eigenvalue weighted by molar-refractivity contribution is -0.260. The van der Waals surface area contributed by atoms with Crippen molar-refractivity contribution in [1.29, 1.82) is 0 Å². The molecule has 3 heterocycles. The van der Waals surface area contributed by atoms with E-state index in [1.807, 2.05) is 6.07 Å². The van der Waals surface area contributed by atoms with Crippen LogP contribution in [-0.4, -0.2) is 37.2 Å². The predicted octanol–water partition coefficient (Wildman–Crippen LogP) is 2.13. The molecular formula is C19H20F3N5O2. The van der Waals surface area contributed by atoms with E-state index in [-0.39, 0.29) is 17.2 Å². The number of carbonyl (C=O) groups is 1. The smallest absolute Gasteiger partial charge is 0.375 e. The van der Waals surface area contributed by atoms with Gasteiger partial charge >= 0.3 is 6.18 Å². The normalized spacial score (nSPS) is 31.7.